The third-order valence-corrected chi connectivity index (χ3v) is 3.85. The quantitative estimate of drug-likeness (QED) is 0.863. The van der Waals surface area contributed by atoms with Crippen LogP contribution in [0.15, 0.2) is 24.3 Å². The molecular formula is C15H21NO. The molecule has 17 heavy (non-hydrogen) atoms. The van der Waals surface area contributed by atoms with Gasteiger partial charge in [0.05, 0.1) is 12.2 Å². The van der Waals surface area contributed by atoms with Crippen molar-refractivity contribution in [2.24, 2.45) is 0 Å². The van der Waals surface area contributed by atoms with E-state index in [0.717, 1.165) is 25.4 Å². The highest BCUT2D eigenvalue weighted by Crippen LogP contribution is 2.40. The minimum atomic E-state index is 0.243. The van der Waals surface area contributed by atoms with Gasteiger partial charge in [-0.1, -0.05) is 31.2 Å². The monoisotopic (exact) mass is 231 g/mol. The molecule has 92 valence electrons. The van der Waals surface area contributed by atoms with E-state index in [1.807, 2.05) is 0 Å². The van der Waals surface area contributed by atoms with Crippen molar-refractivity contribution in [2.45, 2.75) is 44.3 Å². The van der Waals surface area contributed by atoms with Crippen LogP contribution in [-0.2, 0) is 4.74 Å². The Kier molecular flexibility index (Phi) is 3.17. The molecule has 0 bridgehead atoms. The number of ether oxygens (including phenoxy) is 1. The molecule has 1 heterocycles. The molecule has 0 amide bonds. The Labute approximate surface area is 103 Å². The van der Waals surface area contributed by atoms with E-state index in [9.17, 15) is 0 Å². The van der Waals surface area contributed by atoms with Crippen LogP contribution in [0.5, 0.6) is 0 Å². The summed E-state index contributed by atoms with van der Waals surface area (Å²) in [5, 5.41) is 3.47. The molecule has 1 aliphatic carbocycles. The van der Waals surface area contributed by atoms with Crippen molar-refractivity contribution < 1.29 is 4.74 Å². The molecule has 1 saturated heterocycles. The second-order valence-electron chi connectivity index (χ2n) is 5.26. The van der Waals surface area contributed by atoms with Crippen LogP contribution in [0.2, 0.25) is 0 Å². The zero-order valence-corrected chi connectivity index (χ0v) is 10.5. The van der Waals surface area contributed by atoms with Crippen LogP contribution in [0, 0.1) is 0 Å². The lowest BCUT2D eigenvalue weighted by Crippen LogP contribution is -2.40. The average Bonchev–Trinajstić information content (AvgIpc) is 3.23. The highest BCUT2D eigenvalue weighted by atomic mass is 16.5. The molecule has 1 N–H and O–H groups in total. The molecule has 2 aliphatic rings. The van der Waals surface area contributed by atoms with E-state index in [1.165, 1.54) is 24.0 Å². The summed E-state index contributed by atoms with van der Waals surface area (Å²) in [6.45, 7) is 4.13. The number of rotatable bonds is 3. The Morgan fingerprint density at radius 2 is 2.06 bits per heavy atom. The molecule has 1 aromatic carbocycles. The smallest absolute Gasteiger partial charge is 0.0953 e. The van der Waals surface area contributed by atoms with Crippen molar-refractivity contribution in [3.8, 4) is 0 Å². The molecule has 0 aromatic heterocycles. The number of morpholine rings is 1. The van der Waals surface area contributed by atoms with Gasteiger partial charge in [-0.05, 0) is 36.3 Å². The maximum Gasteiger partial charge on any atom is 0.0953 e. The highest BCUT2D eigenvalue weighted by Gasteiger charge is 2.26. The average molecular weight is 231 g/mol. The van der Waals surface area contributed by atoms with Crippen molar-refractivity contribution in [1.82, 2.24) is 5.32 Å². The zero-order valence-electron chi connectivity index (χ0n) is 10.5. The Balaban J connectivity index is 1.75. The molecule has 1 aliphatic heterocycles. The van der Waals surface area contributed by atoms with Crippen molar-refractivity contribution >= 4 is 0 Å². The van der Waals surface area contributed by atoms with Gasteiger partial charge < -0.3 is 10.1 Å². The lowest BCUT2D eigenvalue weighted by atomic mass is 10.0. The Hall–Kier alpha value is -0.860. The van der Waals surface area contributed by atoms with Gasteiger partial charge in [-0.2, -0.15) is 0 Å². The molecule has 2 fully saturated rings. The Morgan fingerprint density at radius 3 is 2.82 bits per heavy atom. The third-order valence-electron chi connectivity index (χ3n) is 3.85. The van der Waals surface area contributed by atoms with E-state index < -0.39 is 0 Å². The van der Waals surface area contributed by atoms with E-state index in [1.54, 1.807) is 0 Å². The maximum absolute atomic E-state index is 6.11. The molecule has 2 unspecified atom stereocenters. The van der Waals surface area contributed by atoms with Gasteiger partial charge in [-0.3, -0.25) is 0 Å². The summed E-state index contributed by atoms with van der Waals surface area (Å²) < 4.78 is 6.11. The maximum atomic E-state index is 6.11. The molecule has 1 saturated carbocycles. The van der Waals surface area contributed by atoms with E-state index in [4.69, 9.17) is 4.74 Å². The second kappa shape index (κ2) is 4.79. The van der Waals surface area contributed by atoms with Gasteiger partial charge in [0.15, 0.2) is 0 Å². The normalized spacial score (nSPS) is 29.2. The molecule has 0 radical (unpaired) electrons. The summed E-state index contributed by atoms with van der Waals surface area (Å²) in [5.41, 5.74) is 2.85. The van der Waals surface area contributed by atoms with E-state index in [2.05, 4.69) is 36.5 Å². The predicted octanol–water partition coefficient (Wildman–Crippen LogP) is 3.00. The Bertz CT molecular complexity index is 386. The van der Waals surface area contributed by atoms with Crippen LogP contribution in [-0.4, -0.2) is 19.2 Å². The summed E-state index contributed by atoms with van der Waals surface area (Å²) in [5.74, 6) is 0.827. The fourth-order valence-corrected chi connectivity index (χ4v) is 2.57. The summed E-state index contributed by atoms with van der Waals surface area (Å²) in [6.07, 6.45) is 4.44. The van der Waals surface area contributed by atoms with Gasteiger partial charge in [-0.15, -0.1) is 0 Å². The highest BCUT2D eigenvalue weighted by molar-refractivity contribution is 5.30. The van der Waals surface area contributed by atoms with Gasteiger partial charge in [0.2, 0.25) is 0 Å². The number of benzene rings is 1. The van der Waals surface area contributed by atoms with Crippen LogP contribution in [0.25, 0.3) is 0 Å². The van der Waals surface area contributed by atoms with Gasteiger partial charge in [0, 0.05) is 13.1 Å². The number of hydrogen-bond donors (Lipinski definition) is 1. The van der Waals surface area contributed by atoms with E-state index in [0.29, 0.717) is 6.10 Å². The van der Waals surface area contributed by atoms with Crippen molar-refractivity contribution in [1.29, 1.82) is 0 Å². The van der Waals surface area contributed by atoms with Crippen LogP contribution < -0.4 is 5.32 Å². The largest absolute Gasteiger partial charge is 0.368 e. The zero-order chi connectivity index (χ0) is 11.7. The second-order valence-corrected chi connectivity index (χ2v) is 5.26. The number of hydrogen-bond acceptors (Lipinski definition) is 2. The first-order valence-electron chi connectivity index (χ1n) is 6.83. The van der Waals surface area contributed by atoms with Crippen LogP contribution in [0.3, 0.4) is 0 Å². The van der Waals surface area contributed by atoms with Crippen LogP contribution >= 0.6 is 0 Å². The fourth-order valence-electron chi connectivity index (χ4n) is 2.57. The predicted molar refractivity (Wildman–Crippen MR) is 69.2 cm³/mol. The third kappa shape index (κ3) is 2.53. The van der Waals surface area contributed by atoms with E-state index in [-0.39, 0.29) is 6.10 Å². The Morgan fingerprint density at radius 1 is 1.24 bits per heavy atom. The first kappa shape index (κ1) is 11.2. The summed E-state index contributed by atoms with van der Waals surface area (Å²) >= 11 is 0. The summed E-state index contributed by atoms with van der Waals surface area (Å²) in [6, 6.07) is 8.99. The molecule has 2 atom stereocenters. The van der Waals surface area contributed by atoms with Gasteiger partial charge >= 0.3 is 0 Å². The molecular weight excluding hydrogens is 210 g/mol. The fraction of sp³-hybridized carbons (Fsp3) is 0.600. The molecule has 3 rings (SSSR count). The molecule has 0 spiro atoms. The number of nitrogens with one attached hydrogen (secondary N) is 1. The van der Waals surface area contributed by atoms with Gasteiger partial charge in [0.1, 0.15) is 0 Å². The molecule has 2 heteroatoms. The first-order valence-corrected chi connectivity index (χ1v) is 6.83. The standard InChI is InChI=1S/C15H21NO/c1-2-14-9-16-10-15(17-14)13-5-3-4-12(8-13)11-6-7-11/h3-5,8,11,14-16H,2,6-7,9-10H2,1H3. The van der Waals surface area contributed by atoms with Gasteiger partial charge in [-0.25, -0.2) is 0 Å². The lowest BCUT2D eigenvalue weighted by molar-refractivity contribution is -0.0400. The SMILES string of the molecule is CCC1CNCC(c2cccc(C3CC3)c2)O1. The minimum absolute atomic E-state index is 0.243. The summed E-state index contributed by atoms with van der Waals surface area (Å²) in [7, 11) is 0. The first-order chi connectivity index (χ1) is 8.36. The lowest BCUT2D eigenvalue weighted by Gasteiger charge is -2.30. The summed E-state index contributed by atoms with van der Waals surface area (Å²) in [4.78, 5) is 0. The van der Waals surface area contributed by atoms with E-state index >= 15 is 0 Å². The van der Waals surface area contributed by atoms with Crippen LogP contribution in [0.1, 0.15) is 49.3 Å². The molecule has 1 aromatic rings. The van der Waals surface area contributed by atoms with Gasteiger partial charge in [0.25, 0.3) is 0 Å². The minimum Gasteiger partial charge on any atom is -0.368 e. The van der Waals surface area contributed by atoms with Crippen molar-refractivity contribution in [3.63, 3.8) is 0 Å². The van der Waals surface area contributed by atoms with Crippen molar-refractivity contribution in [3.05, 3.63) is 35.4 Å². The molecule has 2 nitrogen and oxygen atoms in total. The topological polar surface area (TPSA) is 21.3 Å². The van der Waals surface area contributed by atoms with Crippen LogP contribution in [0.4, 0.5) is 0 Å². The van der Waals surface area contributed by atoms with Crippen molar-refractivity contribution in [2.75, 3.05) is 13.1 Å².